The number of hydrogen-bond donors (Lipinski definition) is 1. The number of ether oxygens (including phenoxy) is 1. The van der Waals surface area contributed by atoms with Crippen LogP contribution in [0.25, 0.3) is 0 Å². The lowest BCUT2D eigenvalue weighted by atomic mass is 9.94. The van der Waals surface area contributed by atoms with Crippen LogP contribution in [0.4, 0.5) is 0 Å². The third-order valence-electron chi connectivity index (χ3n) is 3.81. The number of hydrogen-bond acceptors (Lipinski definition) is 5. The van der Waals surface area contributed by atoms with E-state index in [0.29, 0.717) is 11.3 Å². The van der Waals surface area contributed by atoms with E-state index in [1.807, 2.05) is 30.3 Å². The second kappa shape index (κ2) is 5.98. The number of thioether (sulfide) groups is 1. The van der Waals surface area contributed by atoms with Crippen molar-refractivity contribution in [3.8, 4) is 5.75 Å². The van der Waals surface area contributed by atoms with Crippen LogP contribution >= 0.6 is 11.8 Å². The Kier molecular flexibility index (Phi) is 4.04. The maximum absolute atomic E-state index is 11.5. The topological polar surface area (TPSA) is 72.6 Å². The zero-order valence-corrected chi connectivity index (χ0v) is 12.7. The molecule has 0 aliphatic carbocycles. The third kappa shape index (κ3) is 2.44. The number of aliphatic hydroxyl groups is 1. The largest absolute Gasteiger partial charge is 0.496 e. The number of benzene rings is 2. The number of methoxy groups -OCH3 is 1. The molecule has 0 radical (unpaired) electrons. The summed E-state index contributed by atoms with van der Waals surface area (Å²) in [6, 6.07) is 13.4. The quantitative estimate of drug-likeness (QED) is 0.695. The van der Waals surface area contributed by atoms with E-state index in [0.717, 1.165) is 10.5 Å². The van der Waals surface area contributed by atoms with Crippen molar-refractivity contribution in [2.75, 3.05) is 7.11 Å². The van der Waals surface area contributed by atoms with Gasteiger partial charge in [0.15, 0.2) is 0 Å². The lowest BCUT2D eigenvalue weighted by molar-refractivity contribution is -0.536. The molecule has 0 fully saturated rings. The minimum Gasteiger partial charge on any atom is -0.496 e. The number of nitrogens with zero attached hydrogens (tertiary/aromatic N) is 1. The van der Waals surface area contributed by atoms with Gasteiger partial charge in [-0.1, -0.05) is 36.4 Å². The van der Waals surface area contributed by atoms with E-state index in [9.17, 15) is 15.2 Å². The molecule has 1 N–H and O–H groups in total. The molecule has 22 heavy (non-hydrogen) atoms. The monoisotopic (exact) mass is 317 g/mol. The summed E-state index contributed by atoms with van der Waals surface area (Å²) in [5.74, 6) is 0.596. The molecule has 114 valence electrons. The highest BCUT2D eigenvalue weighted by molar-refractivity contribution is 7.99. The number of nitro groups is 1. The summed E-state index contributed by atoms with van der Waals surface area (Å²) < 4.78 is 5.33. The maximum atomic E-state index is 11.5. The summed E-state index contributed by atoms with van der Waals surface area (Å²) >= 11 is 1.40. The molecule has 6 heteroatoms. The van der Waals surface area contributed by atoms with Crippen molar-refractivity contribution in [1.29, 1.82) is 0 Å². The van der Waals surface area contributed by atoms with Gasteiger partial charge in [0.1, 0.15) is 17.1 Å². The van der Waals surface area contributed by atoms with Gasteiger partial charge in [-0.2, -0.15) is 0 Å². The van der Waals surface area contributed by atoms with Gasteiger partial charge in [0.05, 0.1) is 7.11 Å². The normalized spacial score (nSPS) is 23.6. The van der Waals surface area contributed by atoms with Gasteiger partial charge in [0.2, 0.25) is 0 Å². The van der Waals surface area contributed by atoms with E-state index in [1.165, 1.54) is 18.9 Å². The van der Waals surface area contributed by atoms with Crippen LogP contribution in [0.1, 0.15) is 22.5 Å². The fourth-order valence-corrected chi connectivity index (χ4v) is 4.23. The van der Waals surface area contributed by atoms with Crippen LogP contribution in [0.2, 0.25) is 0 Å². The second-order valence-electron chi connectivity index (χ2n) is 5.04. The Morgan fingerprint density at radius 1 is 1.14 bits per heavy atom. The van der Waals surface area contributed by atoms with Gasteiger partial charge >= 0.3 is 0 Å². The average Bonchev–Trinajstić information content (AvgIpc) is 2.54. The van der Waals surface area contributed by atoms with E-state index in [2.05, 4.69) is 0 Å². The van der Waals surface area contributed by atoms with Gasteiger partial charge in [-0.05, 0) is 12.1 Å². The van der Waals surface area contributed by atoms with Crippen molar-refractivity contribution >= 4 is 11.8 Å². The summed E-state index contributed by atoms with van der Waals surface area (Å²) in [7, 11) is 1.54. The molecule has 0 unspecified atom stereocenters. The minimum absolute atomic E-state index is 0.398. The van der Waals surface area contributed by atoms with Crippen LogP contribution in [0, 0.1) is 10.1 Å². The molecule has 1 heterocycles. The first-order valence-corrected chi connectivity index (χ1v) is 7.71. The molecular formula is C16H15NO4S. The Morgan fingerprint density at radius 2 is 1.77 bits per heavy atom. The molecule has 1 aliphatic heterocycles. The summed E-state index contributed by atoms with van der Waals surface area (Å²) in [5.41, 5.74) is 1.34. The first-order chi connectivity index (χ1) is 10.6. The Morgan fingerprint density at radius 3 is 2.45 bits per heavy atom. The van der Waals surface area contributed by atoms with E-state index in [1.54, 1.807) is 18.2 Å². The maximum Gasteiger partial charge on any atom is 0.258 e. The van der Waals surface area contributed by atoms with E-state index in [-0.39, 0.29) is 0 Å². The summed E-state index contributed by atoms with van der Waals surface area (Å²) in [5, 5.41) is 21.5. The second-order valence-corrected chi connectivity index (χ2v) is 6.22. The SMILES string of the molecule is COc1ccccc1[C@H]1Sc2ccccc2[C@@H](O)[C@@H]1[N+](=O)[O-]. The molecule has 3 atom stereocenters. The molecule has 0 saturated heterocycles. The van der Waals surface area contributed by atoms with Crippen molar-refractivity contribution in [2.45, 2.75) is 22.3 Å². The lowest BCUT2D eigenvalue weighted by Crippen LogP contribution is -2.35. The smallest absolute Gasteiger partial charge is 0.258 e. The molecular weight excluding hydrogens is 302 g/mol. The number of para-hydroxylation sites is 1. The zero-order valence-electron chi connectivity index (χ0n) is 11.9. The molecule has 3 rings (SSSR count). The number of aliphatic hydroxyl groups excluding tert-OH is 1. The van der Waals surface area contributed by atoms with Gasteiger partial charge in [0.25, 0.3) is 6.04 Å². The Hall–Kier alpha value is -2.05. The van der Waals surface area contributed by atoms with Gasteiger partial charge in [-0.15, -0.1) is 11.8 Å². The van der Waals surface area contributed by atoms with Crippen LogP contribution < -0.4 is 4.74 Å². The van der Waals surface area contributed by atoms with Crippen LogP contribution in [-0.2, 0) is 0 Å². The fourth-order valence-electron chi connectivity index (χ4n) is 2.76. The highest BCUT2D eigenvalue weighted by atomic mass is 32.2. The first kappa shape index (κ1) is 14.9. The molecule has 0 aromatic heterocycles. The Bertz CT molecular complexity index is 706. The van der Waals surface area contributed by atoms with Crippen LogP contribution in [-0.4, -0.2) is 23.2 Å². The van der Waals surface area contributed by atoms with Crippen molar-refractivity contribution in [2.24, 2.45) is 0 Å². The molecule has 5 nitrogen and oxygen atoms in total. The lowest BCUT2D eigenvalue weighted by Gasteiger charge is -2.31. The van der Waals surface area contributed by atoms with Crippen molar-refractivity contribution in [3.63, 3.8) is 0 Å². The first-order valence-electron chi connectivity index (χ1n) is 6.83. The van der Waals surface area contributed by atoms with Gasteiger partial charge in [0, 0.05) is 20.9 Å². The molecule has 2 aromatic rings. The van der Waals surface area contributed by atoms with Crippen molar-refractivity contribution < 1.29 is 14.8 Å². The molecule has 2 aromatic carbocycles. The molecule has 0 spiro atoms. The molecule has 0 bridgehead atoms. The van der Waals surface area contributed by atoms with Crippen molar-refractivity contribution in [3.05, 3.63) is 69.8 Å². The molecule has 1 aliphatic rings. The number of fused-ring (bicyclic) bond motifs is 1. The van der Waals surface area contributed by atoms with E-state index < -0.39 is 22.3 Å². The fraction of sp³-hybridized carbons (Fsp3) is 0.250. The Labute approximate surface area is 132 Å². The summed E-state index contributed by atoms with van der Waals surface area (Å²) in [4.78, 5) is 12.0. The predicted molar refractivity (Wildman–Crippen MR) is 83.8 cm³/mol. The summed E-state index contributed by atoms with van der Waals surface area (Å²) in [6.45, 7) is 0. The van der Waals surface area contributed by atoms with Crippen molar-refractivity contribution in [1.82, 2.24) is 0 Å². The van der Waals surface area contributed by atoms with Crippen LogP contribution in [0.3, 0.4) is 0 Å². The molecule has 0 saturated carbocycles. The van der Waals surface area contributed by atoms with Gasteiger partial charge in [-0.3, -0.25) is 10.1 Å². The summed E-state index contributed by atoms with van der Waals surface area (Å²) in [6.07, 6.45) is -1.14. The van der Waals surface area contributed by atoms with Gasteiger partial charge < -0.3 is 9.84 Å². The standard InChI is InChI=1S/C16H15NO4S/c1-21-12-8-4-2-6-10(12)16-14(17(19)20)15(18)11-7-3-5-9-13(11)22-16/h2-9,14-16,18H,1H3/t14-,15+,16+/m0/s1. The highest BCUT2D eigenvalue weighted by Gasteiger charge is 2.46. The van der Waals surface area contributed by atoms with Gasteiger partial charge in [-0.25, -0.2) is 0 Å². The zero-order chi connectivity index (χ0) is 15.7. The predicted octanol–water partition coefficient (Wildman–Crippen LogP) is 3.22. The average molecular weight is 317 g/mol. The number of rotatable bonds is 3. The van der Waals surface area contributed by atoms with E-state index >= 15 is 0 Å². The molecule has 0 amide bonds. The van der Waals surface area contributed by atoms with Crippen LogP contribution in [0.15, 0.2) is 53.4 Å². The third-order valence-corrected chi connectivity index (χ3v) is 5.23. The Balaban J connectivity index is 2.12. The minimum atomic E-state index is -1.14. The highest BCUT2D eigenvalue weighted by Crippen LogP contribution is 2.51. The van der Waals surface area contributed by atoms with E-state index in [4.69, 9.17) is 4.74 Å². The van der Waals surface area contributed by atoms with Crippen LogP contribution in [0.5, 0.6) is 5.75 Å².